The quantitative estimate of drug-likeness (QED) is 0.513. The maximum absolute atomic E-state index is 13.5. The fourth-order valence-electron chi connectivity index (χ4n) is 4.42. The van der Waals surface area contributed by atoms with Gasteiger partial charge in [-0.2, -0.15) is 0 Å². The zero-order valence-corrected chi connectivity index (χ0v) is 18.9. The maximum Gasteiger partial charge on any atom is 0.250 e. The van der Waals surface area contributed by atoms with E-state index in [9.17, 15) is 14.7 Å². The number of carbonyl (C=O) groups excluding carboxylic acids is 2. The Bertz CT molecular complexity index is 1040. The number of ether oxygens (including phenoxy) is 2. The Morgan fingerprint density at radius 3 is 2.71 bits per heavy atom. The number of hydrogen-bond acceptors (Lipinski definition) is 6. The number of methoxy groups -OCH3 is 2. The normalized spacial score (nSPS) is 25.1. The van der Waals surface area contributed by atoms with Gasteiger partial charge in [0.1, 0.15) is 17.0 Å². The molecule has 0 radical (unpaired) electrons. The van der Waals surface area contributed by atoms with Crippen LogP contribution in [0.1, 0.15) is 18.9 Å². The summed E-state index contributed by atoms with van der Waals surface area (Å²) >= 11 is 3.46. The minimum atomic E-state index is -1.29. The minimum Gasteiger partial charge on any atom is -0.497 e. The van der Waals surface area contributed by atoms with E-state index in [1.807, 2.05) is 12.1 Å². The molecule has 4 atom stereocenters. The zero-order chi connectivity index (χ0) is 22.3. The first-order chi connectivity index (χ1) is 14.8. The van der Waals surface area contributed by atoms with Crippen LogP contribution in [0, 0.1) is 5.92 Å². The van der Waals surface area contributed by atoms with Crippen molar-refractivity contribution in [1.82, 2.24) is 5.32 Å². The van der Waals surface area contributed by atoms with Gasteiger partial charge in [-0.15, -0.1) is 0 Å². The highest BCUT2D eigenvalue weighted by molar-refractivity contribution is 9.10. The average molecular weight is 490 g/mol. The van der Waals surface area contributed by atoms with E-state index in [4.69, 9.17) is 9.47 Å². The molecule has 0 aliphatic carbocycles. The standard InChI is InChI=1S/C22H24BrN3O5/c1-11(27)17-10-15(20(28)24-18-9-13(30-2)5-7-19(18)31-3)22(26-17)14-8-12(23)4-6-16(14)25-21(22)29/h4-9,11,15,17,26-27H,10H2,1-3H3,(H,24,28)(H,25,29)/t11-,15-,17-,22+/m1/s1. The number of halogens is 1. The fourth-order valence-corrected chi connectivity index (χ4v) is 4.78. The second-order valence-electron chi connectivity index (χ2n) is 7.79. The Balaban J connectivity index is 1.75. The fraction of sp³-hybridized carbons (Fsp3) is 0.364. The molecule has 9 heteroatoms. The van der Waals surface area contributed by atoms with Crippen LogP contribution in [0.15, 0.2) is 40.9 Å². The van der Waals surface area contributed by atoms with Crippen molar-refractivity contribution in [1.29, 1.82) is 0 Å². The van der Waals surface area contributed by atoms with Gasteiger partial charge in [-0.3, -0.25) is 14.9 Å². The zero-order valence-electron chi connectivity index (χ0n) is 17.4. The first kappa shape index (κ1) is 21.6. The lowest BCUT2D eigenvalue weighted by Gasteiger charge is -2.29. The van der Waals surface area contributed by atoms with E-state index in [1.165, 1.54) is 14.2 Å². The Morgan fingerprint density at radius 2 is 2.03 bits per heavy atom. The predicted molar refractivity (Wildman–Crippen MR) is 119 cm³/mol. The predicted octanol–water partition coefficient (Wildman–Crippen LogP) is 2.61. The molecule has 0 aromatic heterocycles. The van der Waals surface area contributed by atoms with E-state index in [0.29, 0.717) is 28.4 Å². The van der Waals surface area contributed by atoms with Gasteiger partial charge >= 0.3 is 0 Å². The molecule has 2 heterocycles. The summed E-state index contributed by atoms with van der Waals surface area (Å²) in [4.78, 5) is 26.8. The summed E-state index contributed by atoms with van der Waals surface area (Å²) in [6.45, 7) is 1.64. The van der Waals surface area contributed by atoms with Crippen molar-refractivity contribution in [2.75, 3.05) is 24.9 Å². The third-order valence-corrected chi connectivity index (χ3v) is 6.49. The highest BCUT2D eigenvalue weighted by Gasteiger charge is 2.60. The van der Waals surface area contributed by atoms with Gasteiger partial charge in [-0.25, -0.2) is 0 Å². The highest BCUT2D eigenvalue weighted by atomic mass is 79.9. The molecule has 2 amide bonds. The lowest BCUT2D eigenvalue weighted by Crippen LogP contribution is -2.53. The molecule has 4 N–H and O–H groups in total. The molecule has 2 aliphatic heterocycles. The number of aliphatic hydroxyl groups excluding tert-OH is 1. The second-order valence-corrected chi connectivity index (χ2v) is 8.70. The van der Waals surface area contributed by atoms with Crippen molar-refractivity contribution in [3.05, 3.63) is 46.4 Å². The molecule has 2 aliphatic rings. The lowest BCUT2D eigenvalue weighted by molar-refractivity contribution is -0.130. The summed E-state index contributed by atoms with van der Waals surface area (Å²) in [5, 5.41) is 19.3. The van der Waals surface area contributed by atoms with Crippen LogP contribution in [0.25, 0.3) is 0 Å². The van der Waals surface area contributed by atoms with E-state index >= 15 is 0 Å². The Kier molecular flexibility index (Phi) is 5.67. The number of nitrogens with one attached hydrogen (secondary N) is 3. The van der Waals surface area contributed by atoms with E-state index in [0.717, 1.165) is 4.47 Å². The van der Waals surface area contributed by atoms with Crippen molar-refractivity contribution in [2.45, 2.75) is 31.0 Å². The molecule has 31 heavy (non-hydrogen) atoms. The van der Waals surface area contributed by atoms with Gasteiger partial charge in [0.25, 0.3) is 0 Å². The van der Waals surface area contributed by atoms with Gasteiger partial charge in [0.2, 0.25) is 11.8 Å². The highest BCUT2D eigenvalue weighted by Crippen LogP contribution is 2.48. The van der Waals surface area contributed by atoms with Crippen LogP contribution >= 0.6 is 15.9 Å². The maximum atomic E-state index is 13.5. The van der Waals surface area contributed by atoms with Crippen LogP contribution in [0.3, 0.4) is 0 Å². The molecule has 2 aromatic carbocycles. The van der Waals surface area contributed by atoms with Crippen molar-refractivity contribution >= 4 is 39.1 Å². The summed E-state index contributed by atoms with van der Waals surface area (Å²) in [6.07, 6.45) is -0.458. The molecule has 1 spiro atoms. The number of rotatable bonds is 5. The number of hydrogen-bond donors (Lipinski definition) is 4. The number of carbonyl (C=O) groups is 2. The minimum absolute atomic E-state index is 0.287. The Labute approximate surface area is 188 Å². The second kappa shape index (κ2) is 8.14. The van der Waals surface area contributed by atoms with Crippen LogP contribution in [0.2, 0.25) is 0 Å². The van der Waals surface area contributed by atoms with Crippen LogP contribution in [0.4, 0.5) is 11.4 Å². The summed E-state index contributed by atoms with van der Waals surface area (Å²) in [7, 11) is 3.05. The smallest absolute Gasteiger partial charge is 0.250 e. The van der Waals surface area contributed by atoms with Crippen LogP contribution in [-0.2, 0) is 15.1 Å². The molecular formula is C22H24BrN3O5. The number of amides is 2. The number of benzene rings is 2. The lowest BCUT2D eigenvalue weighted by atomic mass is 9.79. The van der Waals surface area contributed by atoms with Crippen LogP contribution in [-0.4, -0.2) is 43.3 Å². The van der Waals surface area contributed by atoms with Gasteiger partial charge in [-0.05, 0) is 43.7 Å². The molecule has 0 saturated carbocycles. The molecule has 1 fully saturated rings. The van der Waals surface area contributed by atoms with Crippen molar-refractivity contribution in [2.24, 2.45) is 5.92 Å². The monoisotopic (exact) mass is 489 g/mol. The van der Waals surface area contributed by atoms with Gasteiger partial charge in [-0.1, -0.05) is 15.9 Å². The van der Waals surface area contributed by atoms with Crippen LogP contribution < -0.4 is 25.4 Å². The molecule has 1 saturated heterocycles. The molecule has 164 valence electrons. The average Bonchev–Trinajstić information content (AvgIpc) is 3.28. The summed E-state index contributed by atoms with van der Waals surface area (Å²) in [5.41, 5.74) is 0.462. The molecule has 4 rings (SSSR count). The van der Waals surface area contributed by atoms with Gasteiger partial charge in [0.15, 0.2) is 0 Å². The van der Waals surface area contributed by atoms with E-state index < -0.39 is 23.6 Å². The van der Waals surface area contributed by atoms with Gasteiger partial charge in [0.05, 0.1) is 31.9 Å². The SMILES string of the molecule is COc1ccc(OC)c(NC(=O)[C@H]2C[C@H]([C@@H](C)O)N[C@]23C(=O)Nc2ccc(Br)cc23)c1. The Morgan fingerprint density at radius 1 is 1.26 bits per heavy atom. The number of fused-ring (bicyclic) bond motifs is 2. The largest absolute Gasteiger partial charge is 0.497 e. The summed E-state index contributed by atoms with van der Waals surface area (Å²) in [5.74, 6) is -0.407. The third-order valence-electron chi connectivity index (χ3n) is 6.00. The molecule has 8 nitrogen and oxygen atoms in total. The summed E-state index contributed by atoms with van der Waals surface area (Å²) in [6, 6.07) is 10.1. The van der Waals surface area contributed by atoms with E-state index in [2.05, 4.69) is 31.9 Å². The van der Waals surface area contributed by atoms with Crippen molar-refractivity contribution < 1.29 is 24.2 Å². The molecule has 2 aromatic rings. The van der Waals surface area contributed by atoms with Crippen molar-refractivity contribution in [3.8, 4) is 11.5 Å². The topological polar surface area (TPSA) is 109 Å². The summed E-state index contributed by atoms with van der Waals surface area (Å²) < 4.78 is 11.4. The van der Waals surface area contributed by atoms with Gasteiger partial charge in [0, 0.05) is 27.8 Å². The Hall–Kier alpha value is -2.62. The van der Waals surface area contributed by atoms with Gasteiger partial charge < -0.3 is 25.2 Å². The third kappa shape index (κ3) is 3.56. The molecule has 0 bridgehead atoms. The van der Waals surface area contributed by atoms with E-state index in [-0.39, 0.29) is 18.2 Å². The van der Waals surface area contributed by atoms with Crippen molar-refractivity contribution in [3.63, 3.8) is 0 Å². The molecule has 0 unspecified atom stereocenters. The molecular weight excluding hydrogens is 466 g/mol. The van der Waals surface area contributed by atoms with E-state index in [1.54, 1.807) is 31.2 Å². The first-order valence-electron chi connectivity index (χ1n) is 9.90. The number of anilines is 2. The number of aliphatic hydroxyl groups is 1. The van der Waals surface area contributed by atoms with Crippen LogP contribution in [0.5, 0.6) is 11.5 Å². The first-order valence-corrected chi connectivity index (χ1v) is 10.7.